The second-order valence-electron chi connectivity index (χ2n) is 7.04. The van der Waals surface area contributed by atoms with Crippen molar-refractivity contribution in [2.75, 3.05) is 38.7 Å². The molecule has 0 aromatic heterocycles. The lowest BCUT2D eigenvalue weighted by atomic mass is 10.2. The number of nitrogens with zero attached hydrogens (tertiary/aromatic N) is 1. The SMILES string of the molecule is COc1ccc(S(=O)(=O)N(CC(=O)NCC(C)C)c2cc(Cl)ccc2OC)cc1OC. The summed E-state index contributed by atoms with van der Waals surface area (Å²) in [4.78, 5) is 12.5. The van der Waals surface area contributed by atoms with E-state index in [0.717, 1.165) is 4.31 Å². The Balaban J connectivity index is 2.58. The molecule has 31 heavy (non-hydrogen) atoms. The average molecular weight is 471 g/mol. The summed E-state index contributed by atoms with van der Waals surface area (Å²) in [5.41, 5.74) is 0.143. The zero-order chi connectivity index (χ0) is 23.2. The van der Waals surface area contributed by atoms with Crippen molar-refractivity contribution < 1.29 is 27.4 Å². The van der Waals surface area contributed by atoms with Crippen LogP contribution in [-0.2, 0) is 14.8 Å². The van der Waals surface area contributed by atoms with Crippen molar-refractivity contribution in [2.24, 2.45) is 5.92 Å². The molecule has 0 aliphatic rings. The first kappa shape index (κ1) is 24.6. The molecule has 170 valence electrons. The highest BCUT2D eigenvalue weighted by Crippen LogP contribution is 2.36. The summed E-state index contributed by atoms with van der Waals surface area (Å²) in [5, 5.41) is 3.03. The summed E-state index contributed by atoms with van der Waals surface area (Å²) >= 11 is 6.13. The van der Waals surface area contributed by atoms with Gasteiger partial charge in [-0.3, -0.25) is 9.10 Å². The average Bonchev–Trinajstić information content (AvgIpc) is 2.75. The van der Waals surface area contributed by atoms with Crippen molar-refractivity contribution >= 4 is 33.2 Å². The molecule has 0 radical (unpaired) electrons. The summed E-state index contributed by atoms with van der Waals surface area (Å²) in [6, 6.07) is 8.76. The van der Waals surface area contributed by atoms with Crippen LogP contribution in [0.25, 0.3) is 0 Å². The first-order valence-electron chi connectivity index (χ1n) is 9.49. The maximum absolute atomic E-state index is 13.6. The number of methoxy groups -OCH3 is 3. The summed E-state index contributed by atoms with van der Waals surface area (Å²) in [5.74, 6) is 0.624. The molecule has 8 nitrogen and oxygen atoms in total. The van der Waals surface area contributed by atoms with E-state index in [9.17, 15) is 13.2 Å². The molecule has 2 rings (SSSR count). The summed E-state index contributed by atoms with van der Waals surface area (Å²) in [6.45, 7) is 3.84. The van der Waals surface area contributed by atoms with E-state index >= 15 is 0 Å². The summed E-state index contributed by atoms with van der Waals surface area (Å²) < 4.78 is 43.9. The minimum Gasteiger partial charge on any atom is -0.495 e. The van der Waals surface area contributed by atoms with Gasteiger partial charge in [-0.15, -0.1) is 0 Å². The number of halogens is 1. The largest absolute Gasteiger partial charge is 0.495 e. The van der Waals surface area contributed by atoms with Crippen LogP contribution in [-0.4, -0.2) is 48.7 Å². The Morgan fingerprint density at radius 2 is 1.61 bits per heavy atom. The molecule has 1 N–H and O–H groups in total. The van der Waals surface area contributed by atoms with Crippen LogP contribution < -0.4 is 23.8 Å². The molecule has 0 unspecified atom stereocenters. The number of hydrogen-bond acceptors (Lipinski definition) is 6. The summed E-state index contributed by atoms with van der Waals surface area (Å²) in [6.07, 6.45) is 0. The lowest BCUT2D eigenvalue weighted by Gasteiger charge is -2.26. The maximum Gasteiger partial charge on any atom is 0.265 e. The molecule has 0 aliphatic carbocycles. The molecule has 2 aromatic rings. The molecule has 2 aromatic carbocycles. The van der Waals surface area contributed by atoms with Crippen molar-refractivity contribution in [3.05, 3.63) is 41.4 Å². The van der Waals surface area contributed by atoms with Gasteiger partial charge in [-0.05, 0) is 36.2 Å². The van der Waals surface area contributed by atoms with Crippen LogP contribution in [0.2, 0.25) is 5.02 Å². The number of carbonyl (C=O) groups excluding carboxylic acids is 1. The van der Waals surface area contributed by atoms with Gasteiger partial charge in [0.05, 0.1) is 31.9 Å². The fourth-order valence-electron chi connectivity index (χ4n) is 2.77. The van der Waals surface area contributed by atoms with Gasteiger partial charge < -0.3 is 19.5 Å². The molecule has 0 fully saturated rings. The fraction of sp³-hybridized carbons (Fsp3) is 0.381. The third-order valence-electron chi connectivity index (χ3n) is 4.35. The van der Waals surface area contributed by atoms with Crippen LogP contribution in [0, 0.1) is 5.92 Å². The predicted molar refractivity (Wildman–Crippen MR) is 120 cm³/mol. The van der Waals surface area contributed by atoms with E-state index in [2.05, 4.69) is 5.32 Å². The van der Waals surface area contributed by atoms with E-state index in [0.29, 0.717) is 17.3 Å². The van der Waals surface area contributed by atoms with Gasteiger partial charge in [-0.1, -0.05) is 25.4 Å². The van der Waals surface area contributed by atoms with Crippen molar-refractivity contribution in [3.8, 4) is 17.2 Å². The highest BCUT2D eigenvalue weighted by Gasteiger charge is 2.30. The molecule has 0 saturated heterocycles. The lowest BCUT2D eigenvalue weighted by Crippen LogP contribution is -2.42. The first-order valence-corrected chi connectivity index (χ1v) is 11.3. The van der Waals surface area contributed by atoms with E-state index in [-0.39, 0.29) is 28.0 Å². The topological polar surface area (TPSA) is 94.2 Å². The van der Waals surface area contributed by atoms with Crippen molar-refractivity contribution in [2.45, 2.75) is 18.7 Å². The van der Waals surface area contributed by atoms with E-state index in [1.165, 1.54) is 45.6 Å². The van der Waals surface area contributed by atoms with Crippen LogP contribution in [0.3, 0.4) is 0 Å². The maximum atomic E-state index is 13.6. The van der Waals surface area contributed by atoms with Gasteiger partial charge in [0.25, 0.3) is 10.0 Å². The number of anilines is 1. The Labute approximate surface area is 188 Å². The summed E-state index contributed by atoms with van der Waals surface area (Å²) in [7, 11) is 0.0738. The van der Waals surface area contributed by atoms with Crippen LogP contribution in [0.5, 0.6) is 17.2 Å². The van der Waals surface area contributed by atoms with E-state index in [1.54, 1.807) is 12.1 Å². The normalized spacial score (nSPS) is 11.2. The molecular weight excluding hydrogens is 444 g/mol. The number of rotatable bonds is 10. The lowest BCUT2D eigenvalue weighted by molar-refractivity contribution is -0.119. The number of nitrogens with one attached hydrogen (secondary N) is 1. The Morgan fingerprint density at radius 3 is 2.19 bits per heavy atom. The van der Waals surface area contributed by atoms with Crippen LogP contribution in [0.15, 0.2) is 41.3 Å². The zero-order valence-electron chi connectivity index (χ0n) is 18.1. The molecule has 0 aliphatic heterocycles. The highest BCUT2D eigenvalue weighted by atomic mass is 35.5. The number of benzene rings is 2. The van der Waals surface area contributed by atoms with Gasteiger partial charge in [-0.25, -0.2) is 8.42 Å². The molecule has 0 heterocycles. The molecule has 1 amide bonds. The van der Waals surface area contributed by atoms with E-state index < -0.39 is 22.5 Å². The second kappa shape index (κ2) is 10.6. The van der Waals surface area contributed by atoms with Crippen molar-refractivity contribution in [1.82, 2.24) is 5.32 Å². The molecular formula is C21H27ClN2O6S. The monoisotopic (exact) mass is 470 g/mol. The molecule has 0 saturated carbocycles. The van der Waals surface area contributed by atoms with Crippen LogP contribution >= 0.6 is 11.6 Å². The van der Waals surface area contributed by atoms with E-state index in [1.807, 2.05) is 13.8 Å². The van der Waals surface area contributed by atoms with Gasteiger partial charge in [0.15, 0.2) is 11.5 Å². The molecule has 0 atom stereocenters. The first-order chi connectivity index (χ1) is 14.6. The number of carbonyl (C=O) groups is 1. The number of ether oxygens (including phenoxy) is 3. The third kappa shape index (κ3) is 5.95. The van der Waals surface area contributed by atoms with E-state index in [4.69, 9.17) is 25.8 Å². The van der Waals surface area contributed by atoms with Gasteiger partial charge in [0.1, 0.15) is 12.3 Å². The van der Waals surface area contributed by atoms with Crippen molar-refractivity contribution in [1.29, 1.82) is 0 Å². The van der Waals surface area contributed by atoms with Crippen molar-refractivity contribution in [3.63, 3.8) is 0 Å². The zero-order valence-corrected chi connectivity index (χ0v) is 19.7. The second-order valence-corrected chi connectivity index (χ2v) is 9.34. The van der Waals surface area contributed by atoms with Crippen LogP contribution in [0.4, 0.5) is 5.69 Å². The van der Waals surface area contributed by atoms with Gasteiger partial charge in [0, 0.05) is 17.6 Å². The standard InChI is InChI=1S/C21H27ClN2O6S/c1-14(2)12-23-21(25)13-24(17-10-15(22)6-8-18(17)28-3)31(26,27)16-7-9-19(29-4)20(11-16)30-5/h6-11,14H,12-13H2,1-5H3,(H,23,25). The Kier molecular flexibility index (Phi) is 8.41. The van der Waals surface area contributed by atoms with Gasteiger partial charge >= 0.3 is 0 Å². The molecule has 0 spiro atoms. The van der Waals surface area contributed by atoms with Gasteiger partial charge in [-0.2, -0.15) is 0 Å². The Morgan fingerprint density at radius 1 is 1.00 bits per heavy atom. The van der Waals surface area contributed by atoms with Crippen LogP contribution in [0.1, 0.15) is 13.8 Å². The number of hydrogen-bond donors (Lipinski definition) is 1. The third-order valence-corrected chi connectivity index (χ3v) is 6.34. The minimum absolute atomic E-state index is 0.0798. The fourth-order valence-corrected chi connectivity index (χ4v) is 4.37. The number of sulfonamides is 1. The number of amides is 1. The smallest absolute Gasteiger partial charge is 0.265 e. The quantitative estimate of drug-likeness (QED) is 0.572. The molecule has 10 heteroatoms. The van der Waals surface area contributed by atoms with Gasteiger partial charge in [0.2, 0.25) is 5.91 Å². The highest BCUT2D eigenvalue weighted by molar-refractivity contribution is 7.92. The Hall–Kier alpha value is -2.65. The Bertz CT molecular complexity index is 1030. The minimum atomic E-state index is -4.20. The molecule has 0 bridgehead atoms. The predicted octanol–water partition coefficient (Wildman–Crippen LogP) is 3.33.